The zero-order valence-corrected chi connectivity index (χ0v) is 19.3. The van der Waals surface area contributed by atoms with Crippen molar-refractivity contribution in [2.75, 3.05) is 5.88 Å². The molecule has 170 valence electrons. The minimum absolute atomic E-state index is 0.0177. The van der Waals surface area contributed by atoms with Gasteiger partial charge in [0.25, 0.3) is 0 Å². The van der Waals surface area contributed by atoms with Gasteiger partial charge in [0.05, 0.1) is 18.1 Å². The molecule has 0 aromatic rings. The van der Waals surface area contributed by atoms with E-state index >= 15 is 0 Å². The lowest BCUT2D eigenvalue weighted by atomic mass is 9.45. The maximum atomic E-state index is 13.8. The van der Waals surface area contributed by atoms with Gasteiger partial charge in [0.2, 0.25) is 0 Å². The Morgan fingerprint density at radius 3 is 2.61 bits per heavy atom. The molecule has 5 aliphatic rings. The van der Waals surface area contributed by atoms with E-state index < -0.39 is 34.4 Å². The zero-order chi connectivity index (χ0) is 22.6. The number of alkyl halides is 1. The number of hydrogen-bond acceptors (Lipinski definition) is 6. The molecule has 1 saturated heterocycles. The van der Waals surface area contributed by atoms with Gasteiger partial charge in [0.1, 0.15) is 5.78 Å². The van der Waals surface area contributed by atoms with Crippen molar-refractivity contribution in [3.8, 4) is 0 Å². The number of aliphatic hydroxyl groups is 1. The smallest absolute Gasteiger partial charge is 0.182 e. The highest BCUT2D eigenvalue weighted by Crippen LogP contribution is 2.69. The van der Waals surface area contributed by atoms with Gasteiger partial charge in [-0.2, -0.15) is 0 Å². The highest BCUT2D eigenvalue weighted by molar-refractivity contribution is 6.29. The van der Waals surface area contributed by atoms with Gasteiger partial charge in [0, 0.05) is 29.6 Å². The third kappa shape index (κ3) is 2.59. The molecule has 31 heavy (non-hydrogen) atoms. The summed E-state index contributed by atoms with van der Waals surface area (Å²) in [5, 5.41) is 11.0. The van der Waals surface area contributed by atoms with E-state index in [0.717, 1.165) is 0 Å². The lowest BCUT2D eigenvalue weighted by Gasteiger charge is -2.59. The Hall–Kier alpha value is -1.08. The van der Waals surface area contributed by atoms with E-state index in [1.54, 1.807) is 19.9 Å². The van der Waals surface area contributed by atoms with Crippen LogP contribution in [0.3, 0.4) is 0 Å². The first kappa shape index (κ1) is 21.7. The van der Waals surface area contributed by atoms with Gasteiger partial charge in [0.15, 0.2) is 23.0 Å². The normalized spacial score (nSPS) is 50.3. The molecule has 0 aromatic heterocycles. The van der Waals surface area contributed by atoms with Gasteiger partial charge in [-0.05, 0) is 56.6 Å². The van der Waals surface area contributed by atoms with Gasteiger partial charge >= 0.3 is 0 Å². The Kier molecular flexibility index (Phi) is 4.56. The largest absolute Gasteiger partial charge is 0.389 e. The molecular weight excluding hydrogens is 420 g/mol. The van der Waals surface area contributed by atoms with Crippen LogP contribution >= 0.6 is 11.6 Å². The Balaban J connectivity index is 1.62. The van der Waals surface area contributed by atoms with Crippen LogP contribution in [0.5, 0.6) is 0 Å². The number of fused-ring (bicyclic) bond motifs is 7. The summed E-state index contributed by atoms with van der Waals surface area (Å²) in [6.07, 6.45) is 2.52. The number of rotatable bonds is 2. The predicted octanol–water partition coefficient (Wildman–Crippen LogP) is 2.98. The summed E-state index contributed by atoms with van der Waals surface area (Å²) in [7, 11) is 0. The van der Waals surface area contributed by atoms with E-state index in [1.807, 2.05) is 13.8 Å². The molecule has 6 nitrogen and oxygen atoms in total. The van der Waals surface area contributed by atoms with Crippen molar-refractivity contribution in [2.45, 2.75) is 83.4 Å². The Labute approximate surface area is 187 Å². The molecule has 0 amide bonds. The average Bonchev–Trinajstić information content (AvgIpc) is 3.08. The number of carbonyl (C=O) groups is 3. The highest BCUT2D eigenvalue weighted by Gasteiger charge is 2.77. The first-order chi connectivity index (χ1) is 14.4. The molecule has 5 rings (SSSR count). The molecule has 1 aliphatic heterocycles. The van der Waals surface area contributed by atoms with Crippen LogP contribution in [-0.4, -0.2) is 51.9 Å². The van der Waals surface area contributed by atoms with Crippen molar-refractivity contribution in [1.82, 2.24) is 0 Å². The number of ether oxygens (including phenoxy) is 2. The molecule has 3 saturated carbocycles. The summed E-state index contributed by atoms with van der Waals surface area (Å²) in [6.45, 7) is 7.59. The maximum absolute atomic E-state index is 13.8. The third-order valence-corrected chi connectivity index (χ3v) is 9.44. The molecule has 0 aromatic carbocycles. The van der Waals surface area contributed by atoms with Crippen LogP contribution in [0.25, 0.3) is 0 Å². The van der Waals surface area contributed by atoms with Gasteiger partial charge in [-0.3, -0.25) is 14.4 Å². The molecule has 1 unspecified atom stereocenters. The second kappa shape index (κ2) is 6.49. The molecule has 4 fully saturated rings. The SMILES string of the molecule is CC1(C)O[C@@H]2C[C@H]3[C@@H]4C[C@H](O)C5=CC(=O)CC[C@]5(C)C4C(=O)C[C@]3(C)[C@]2(C(=O)CCl)O1. The van der Waals surface area contributed by atoms with E-state index in [4.69, 9.17) is 21.1 Å². The van der Waals surface area contributed by atoms with E-state index in [1.165, 1.54) is 0 Å². The van der Waals surface area contributed by atoms with Crippen LogP contribution in [0.4, 0.5) is 0 Å². The van der Waals surface area contributed by atoms with Crippen molar-refractivity contribution in [3.05, 3.63) is 11.6 Å². The number of hydrogen-bond donors (Lipinski definition) is 1. The number of ketones is 3. The van der Waals surface area contributed by atoms with E-state index in [0.29, 0.717) is 31.3 Å². The molecule has 4 aliphatic carbocycles. The molecule has 1 N–H and O–H groups in total. The van der Waals surface area contributed by atoms with Crippen molar-refractivity contribution < 1.29 is 29.0 Å². The summed E-state index contributed by atoms with van der Waals surface area (Å²) in [4.78, 5) is 39.1. The summed E-state index contributed by atoms with van der Waals surface area (Å²) in [5.41, 5.74) is -1.83. The minimum atomic E-state index is -1.26. The van der Waals surface area contributed by atoms with Crippen LogP contribution in [-0.2, 0) is 23.9 Å². The lowest BCUT2D eigenvalue weighted by Crippen LogP contribution is -2.64. The van der Waals surface area contributed by atoms with Crippen LogP contribution in [0.15, 0.2) is 11.6 Å². The van der Waals surface area contributed by atoms with E-state index in [2.05, 4.69) is 0 Å². The Morgan fingerprint density at radius 1 is 1.23 bits per heavy atom. The quantitative estimate of drug-likeness (QED) is 0.650. The monoisotopic (exact) mass is 450 g/mol. The first-order valence-electron chi connectivity index (χ1n) is 11.3. The van der Waals surface area contributed by atoms with Crippen molar-refractivity contribution in [1.29, 1.82) is 0 Å². The zero-order valence-electron chi connectivity index (χ0n) is 18.6. The van der Waals surface area contributed by atoms with Gasteiger partial charge < -0.3 is 14.6 Å². The van der Waals surface area contributed by atoms with Gasteiger partial charge in [-0.15, -0.1) is 11.6 Å². The second-order valence-corrected chi connectivity index (χ2v) is 11.4. The molecule has 8 atom stereocenters. The molecular formula is C24H31ClO6. The number of aliphatic hydroxyl groups excluding tert-OH is 1. The Bertz CT molecular complexity index is 910. The summed E-state index contributed by atoms with van der Waals surface area (Å²) < 4.78 is 12.6. The predicted molar refractivity (Wildman–Crippen MR) is 112 cm³/mol. The van der Waals surface area contributed by atoms with Crippen LogP contribution < -0.4 is 0 Å². The molecule has 0 bridgehead atoms. The molecule has 0 spiro atoms. The third-order valence-electron chi connectivity index (χ3n) is 9.20. The number of halogens is 1. The molecule has 7 heteroatoms. The van der Waals surface area contributed by atoms with E-state index in [9.17, 15) is 19.5 Å². The summed E-state index contributed by atoms with van der Waals surface area (Å²) in [6, 6.07) is 0. The van der Waals surface area contributed by atoms with Gasteiger partial charge in [-0.25, -0.2) is 0 Å². The second-order valence-electron chi connectivity index (χ2n) is 11.2. The standard InChI is InChI=1S/C24H31ClO6/c1-21(2)30-19-9-14-13-8-16(27)15-7-12(26)5-6-22(15,3)20(13)17(28)10-23(14,4)24(19,31-21)18(29)11-25/h7,13-14,16,19-20,27H,5-6,8-11H2,1-4H3/t13-,14-,16-,19+,20?,22-,23-,24+/m0/s1. The maximum Gasteiger partial charge on any atom is 0.182 e. The fourth-order valence-electron chi connectivity index (χ4n) is 8.14. The van der Waals surface area contributed by atoms with Crippen LogP contribution in [0.2, 0.25) is 0 Å². The van der Waals surface area contributed by atoms with E-state index in [-0.39, 0.29) is 47.4 Å². The number of carbonyl (C=O) groups excluding carboxylic acids is 3. The van der Waals surface area contributed by atoms with Crippen molar-refractivity contribution in [2.24, 2.45) is 28.6 Å². The van der Waals surface area contributed by atoms with Crippen molar-refractivity contribution in [3.63, 3.8) is 0 Å². The fourth-order valence-corrected chi connectivity index (χ4v) is 8.34. The molecule has 0 radical (unpaired) electrons. The lowest BCUT2D eigenvalue weighted by molar-refractivity contribution is -0.214. The summed E-state index contributed by atoms with van der Waals surface area (Å²) in [5.74, 6) is -1.64. The average molecular weight is 451 g/mol. The van der Waals surface area contributed by atoms with Gasteiger partial charge in [-0.1, -0.05) is 13.8 Å². The summed E-state index contributed by atoms with van der Waals surface area (Å²) >= 11 is 6.05. The van der Waals surface area contributed by atoms with Crippen LogP contribution in [0.1, 0.15) is 59.8 Å². The first-order valence-corrected chi connectivity index (χ1v) is 11.9. The minimum Gasteiger partial charge on any atom is -0.389 e. The molecule has 1 heterocycles. The highest BCUT2D eigenvalue weighted by atomic mass is 35.5. The Morgan fingerprint density at radius 2 is 1.94 bits per heavy atom. The number of Topliss-reactive ketones (excluding diaryl/α,β-unsaturated/α-hetero) is 2. The fraction of sp³-hybridized carbons (Fsp3) is 0.792. The van der Waals surface area contributed by atoms with Crippen molar-refractivity contribution >= 4 is 29.0 Å². The van der Waals surface area contributed by atoms with Crippen LogP contribution in [0, 0.1) is 28.6 Å². The topological polar surface area (TPSA) is 89.9 Å².